The van der Waals surface area contributed by atoms with Gasteiger partial charge in [-0.2, -0.15) is 0 Å². The average molecular weight is 505 g/mol. The zero-order chi connectivity index (χ0) is 26.1. The molecule has 5 rings (SSSR count). The van der Waals surface area contributed by atoms with Crippen molar-refractivity contribution in [2.45, 2.75) is 76.5 Å². The summed E-state index contributed by atoms with van der Waals surface area (Å²) in [6.45, 7) is 5.21. The Hall–Kier alpha value is -2.90. The molecule has 0 spiro atoms. The zero-order valence-electron chi connectivity index (χ0n) is 22.0. The standard InChI is InChI=1S/C30H37FN4O2/c1-18-10-20(13-22(32)11-18)25-6-8-33-16-21(25)14-29(36)26-4-5-28(31)27-15-23(17-34-30(26)27)35-9-7-24(37-3)12-19(35)2/h4-6,8,15-20,22,24H,7,9-14,32H2,1-3H3/t18-,19-,20+,22-,24+/m0/s1. The predicted molar refractivity (Wildman–Crippen MR) is 145 cm³/mol. The maximum atomic E-state index is 15.0. The number of nitrogens with two attached hydrogens (primary N) is 1. The fraction of sp³-hybridized carbons (Fsp3) is 0.500. The molecule has 1 aliphatic carbocycles. The molecule has 2 aliphatic rings. The Morgan fingerprint density at radius 2 is 2.00 bits per heavy atom. The van der Waals surface area contributed by atoms with Crippen LogP contribution < -0.4 is 10.6 Å². The van der Waals surface area contributed by atoms with Crippen molar-refractivity contribution >= 4 is 22.4 Å². The molecule has 37 heavy (non-hydrogen) atoms. The summed E-state index contributed by atoms with van der Waals surface area (Å²) in [5, 5.41) is 0.378. The number of piperidine rings is 1. The second kappa shape index (κ2) is 10.8. The molecule has 1 aromatic carbocycles. The number of halogens is 1. The lowest BCUT2D eigenvalue weighted by Crippen LogP contribution is -2.43. The summed E-state index contributed by atoms with van der Waals surface area (Å²) in [6, 6.07) is 7.23. The van der Waals surface area contributed by atoms with E-state index in [-0.39, 0.29) is 36.2 Å². The molecule has 3 heterocycles. The molecule has 7 heteroatoms. The van der Waals surface area contributed by atoms with Crippen LogP contribution in [0.4, 0.5) is 10.1 Å². The van der Waals surface area contributed by atoms with Gasteiger partial charge in [0.2, 0.25) is 0 Å². The van der Waals surface area contributed by atoms with Crippen molar-refractivity contribution in [1.82, 2.24) is 9.97 Å². The summed E-state index contributed by atoms with van der Waals surface area (Å²) in [5.41, 5.74) is 10.1. The van der Waals surface area contributed by atoms with E-state index in [1.807, 2.05) is 12.1 Å². The fourth-order valence-electron chi connectivity index (χ4n) is 6.45. The molecule has 0 amide bonds. The number of hydrogen-bond acceptors (Lipinski definition) is 6. The number of nitrogens with zero attached hydrogens (tertiary/aromatic N) is 3. The monoisotopic (exact) mass is 504 g/mol. The number of hydrogen-bond donors (Lipinski definition) is 1. The summed E-state index contributed by atoms with van der Waals surface area (Å²) >= 11 is 0. The number of Topliss-reactive ketones (excluding diaryl/α,β-unsaturated/α-hetero) is 1. The topological polar surface area (TPSA) is 81.3 Å². The van der Waals surface area contributed by atoms with Crippen LogP contribution in [0.25, 0.3) is 10.9 Å². The third-order valence-electron chi connectivity index (χ3n) is 8.29. The number of pyridine rings is 2. The largest absolute Gasteiger partial charge is 0.381 e. The van der Waals surface area contributed by atoms with Gasteiger partial charge in [0.1, 0.15) is 5.82 Å². The lowest BCUT2D eigenvalue weighted by Gasteiger charge is -2.38. The minimum absolute atomic E-state index is 0.0815. The zero-order valence-corrected chi connectivity index (χ0v) is 22.0. The minimum atomic E-state index is -0.368. The van der Waals surface area contributed by atoms with Crippen LogP contribution in [-0.2, 0) is 11.2 Å². The van der Waals surface area contributed by atoms with Gasteiger partial charge in [-0.15, -0.1) is 0 Å². The van der Waals surface area contributed by atoms with Crippen molar-refractivity contribution in [3.8, 4) is 0 Å². The Bertz CT molecular complexity index is 1270. The molecule has 0 radical (unpaired) electrons. The van der Waals surface area contributed by atoms with E-state index in [0.29, 0.717) is 28.3 Å². The fourth-order valence-corrected chi connectivity index (χ4v) is 6.45. The molecule has 2 fully saturated rings. The summed E-state index contributed by atoms with van der Waals surface area (Å²) in [4.78, 5) is 24.7. The van der Waals surface area contributed by atoms with Crippen LogP contribution in [0, 0.1) is 11.7 Å². The van der Waals surface area contributed by atoms with E-state index >= 15 is 0 Å². The average Bonchev–Trinajstić information content (AvgIpc) is 2.88. The van der Waals surface area contributed by atoms with Crippen LogP contribution in [0.5, 0.6) is 0 Å². The molecular formula is C30H37FN4O2. The predicted octanol–water partition coefficient (Wildman–Crippen LogP) is 5.43. The van der Waals surface area contributed by atoms with Gasteiger partial charge in [0.25, 0.3) is 0 Å². The van der Waals surface area contributed by atoms with Gasteiger partial charge in [0.15, 0.2) is 5.78 Å². The van der Waals surface area contributed by atoms with E-state index in [1.165, 1.54) is 6.07 Å². The van der Waals surface area contributed by atoms with Gasteiger partial charge in [-0.05, 0) is 86.3 Å². The van der Waals surface area contributed by atoms with Crippen molar-refractivity contribution in [3.63, 3.8) is 0 Å². The minimum Gasteiger partial charge on any atom is -0.381 e. The van der Waals surface area contributed by atoms with Crippen molar-refractivity contribution in [1.29, 1.82) is 0 Å². The Kier molecular flexibility index (Phi) is 7.54. The van der Waals surface area contributed by atoms with Gasteiger partial charge in [-0.1, -0.05) is 6.92 Å². The van der Waals surface area contributed by atoms with Crippen molar-refractivity contribution in [2.75, 3.05) is 18.6 Å². The SMILES string of the molecule is CO[C@@H]1CCN(c2cnc3c(C(=O)Cc4cnccc4[C@@H]4C[C@H](C)C[C@H](N)C4)ccc(F)c3c2)[C@@H](C)C1. The molecule has 1 saturated heterocycles. The van der Waals surface area contributed by atoms with Crippen molar-refractivity contribution < 1.29 is 13.9 Å². The number of benzene rings is 1. The highest BCUT2D eigenvalue weighted by Crippen LogP contribution is 2.37. The molecule has 1 aliphatic heterocycles. The number of ether oxygens (including phenoxy) is 1. The van der Waals surface area contributed by atoms with Gasteiger partial charge >= 0.3 is 0 Å². The van der Waals surface area contributed by atoms with E-state index in [9.17, 15) is 9.18 Å². The van der Waals surface area contributed by atoms with E-state index < -0.39 is 0 Å². The van der Waals surface area contributed by atoms with Gasteiger partial charge in [0.05, 0.1) is 23.5 Å². The van der Waals surface area contributed by atoms with E-state index in [4.69, 9.17) is 10.5 Å². The van der Waals surface area contributed by atoms with Crippen molar-refractivity contribution in [3.05, 3.63) is 65.4 Å². The first kappa shape index (κ1) is 25.7. The molecular weight excluding hydrogens is 467 g/mol. The number of aromatic nitrogens is 2. The lowest BCUT2D eigenvalue weighted by molar-refractivity contribution is 0.0721. The van der Waals surface area contributed by atoms with Gasteiger partial charge < -0.3 is 15.4 Å². The maximum Gasteiger partial charge on any atom is 0.169 e. The highest BCUT2D eigenvalue weighted by molar-refractivity contribution is 6.08. The van der Waals surface area contributed by atoms with Crippen molar-refractivity contribution in [2.24, 2.45) is 11.7 Å². The molecule has 6 nitrogen and oxygen atoms in total. The molecule has 3 aromatic rings. The molecule has 5 atom stereocenters. The van der Waals surface area contributed by atoms with Crippen LogP contribution in [0.15, 0.2) is 42.9 Å². The van der Waals surface area contributed by atoms with E-state index in [2.05, 4.69) is 28.7 Å². The molecule has 196 valence electrons. The lowest BCUT2D eigenvalue weighted by atomic mass is 9.75. The maximum absolute atomic E-state index is 15.0. The number of rotatable bonds is 6. The Morgan fingerprint density at radius 3 is 2.76 bits per heavy atom. The van der Waals surface area contributed by atoms with Crippen LogP contribution in [-0.4, -0.2) is 47.6 Å². The Balaban J connectivity index is 1.42. The van der Waals surface area contributed by atoms with Crippen LogP contribution in [0.3, 0.4) is 0 Å². The number of fused-ring (bicyclic) bond motifs is 1. The first-order valence-corrected chi connectivity index (χ1v) is 13.4. The summed E-state index contributed by atoms with van der Waals surface area (Å²) < 4.78 is 20.5. The highest BCUT2D eigenvalue weighted by Gasteiger charge is 2.29. The molecule has 0 unspecified atom stereocenters. The second-order valence-corrected chi connectivity index (χ2v) is 11.1. The first-order chi connectivity index (χ1) is 17.8. The molecule has 2 N–H and O–H groups in total. The van der Waals surface area contributed by atoms with Gasteiger partial charge in [-0.25, -0.2) is 4.39 Å². The third kappa shape index (κ3) is 5.39. The van der Waals surface area contributed by atoms with Crippen LogP contribution in [0.1, 0.15) is 73.4 Å². The summed E-state index contributed by atoms with van der Waals surface area (Å²) in [7, 11) is 1.75. The quantitative estimate of drug-likeness (QED) is 0.451. The van der Waals surface area contributed by atoms with Crippen LogP contribution >= 0.6 is 0 Å². The number of anilines is 1. The molecule has 1 saturated carbocycles. The number of carbonyl (C=O) groups is 1. The smallest absolute Gasteiger partial charge is 0.169 e. The summed E-state index contributed by atoms with van der Waals surface area (Å²) in [5.74, 6) is 0.418. The van der Waals surface area contributed by atoms with Gasteiger partial charge in [0, 0.05) is 55.5 Å². The highest BCUT2D eigenvalue weighted by atomic mass is 19.1. The molecule has 0 bridgehead atoms. The molecule has 2 aromatic heterocycles. The normalized spacial score (nSPS) is 26.4. The Morgan fingerprint density at radius 1 is 1.16 bits per heavy atom. The summed E-state index contributed by atoms with van der Waals surface area (Å²) in [6.07, 6.45) is 10.6. The van der Waals surface area contributed by atoms with E-state index in [1.54, 1.807) is 31.8 Å². The Labute approximate surface area is 218 Å². The third-order valence-corrected chi connectivity index (χ3v) is 8.29. The van der Waals surface area contributed by atoms with E-state index in [0.717, 1.165) is 55.5 Å². The number of carbonyl (C=O) groups excluding carboxylic acids is 1. The number of ketones is 1. The van der Waals surface area contributed by atoms with Gasteiger partial charge in [-0.3, -0.25) is 14.8 Å². The second-order valence-electron chi connectivity index (χ2n) is 11.1. The number of methoxy groups -OCH3 is 1. The van der Waals surface area contributed by atoms with Crippen LogP contribution in [0.2, 0.25) is 0 Å². The first-order valence-electron chi connectivity index (χ1n) is 13.4.